The van der Waals surface area contributed by atoms with E-state index in [0.717, 1.165) is 22.5 Å². The number of benzene rings is 2. The Morgan fingerprint density at radius 2 is 1.88 bits per heavy atom. The van der Waals surface area contributed by atoms with Gasteiger partial charge in [0.25, 0.3) is 0 Å². The van der Waals surface area contributed by atoms with Crippen molar-refractivity contribution in [2.24, 2.45) is 0 Å². The third-order valence-electron chi connectivity index (χ3n) is 2.27. The molecule has 0 fully saturated rings. The van der Waals surface area contributed by atoms with Crippen LogP contribution in [-0.4, -0.2) is 21.6 Å². The maximum absolute atomic E-state index is 10.6. The minimum atomic E-state index is -1.49. The van der Waals surface area contributed by atoms with Crippen molar-refractivity contribution in [3.63, 3.8) is 0 Å². The van der Waals surface area contributed by atoms with Crippen LogP contribution in [0.3, 0.4) is 0 Å². The van der Waals surface area contributed by atoms with E-state index in [-0.39, 0.29) is 0 Å². The van der Waals surface area contributed by atoms with E-state index in [4.69, 9.17) is 16.7 Å². The van der Waals surface area contributed by atoms with Gasteiger partial charge in [0, 0.05) is 15.3 Å². The molecule has 5 heteroatoms. The van der Waals surface area contributed by atoms with Crippen LogP contribution in [0.4, 0.5) is 0 Å². The van der Waals surface area contributed by atoms with E-state index in [1.165, 1.54) is 0 Å². The second kappa shape index (κ2) is 4.96. The first-order chi connectivity index (χ1) is 8.09. The predicted molar refractivity (Wildman–Crippen MR) is 68.5 cm³/mol. The lowest BCUT2D eigenvalue weighted by Crippen LogP contribution is -2.14. The van der Waals surface area contributed by atoms with Crippen molar-refractivity contribution in [3.8, 4) is 0 Å². The Kier molecular flexibility index (Phi) is 3.57. The number of aliphatic carboxylic acids is 1. The molecule has 0 bridgehead atoms. The summed E-state index contributed by atoms with van der Waals surface area (Å²) in [7, 11) is 0. The van der Waals surface area contributed by atoms with Crippen LogP contribution in [0.15, 0.2) is 41.3 Å². The molecule has 0 aliphatic rings. The highest BCUT2D eigenvalue weighted by atomic mass is 35.5. The van der Waals surface area contributed by atoms with Crippen molar-refractivity contribution in [2.75, 3.05) is 0 Å². The van der Waals surface area contributed by atoms with E-state index in [2.05, 4.69) is 0 Å². The summed E-state index contributed by atoms with van der Waals surface area (Å²) >= 11 is 6.95. The fourth-order valence-electron chi connectivity index (χ4n) is 1.53. The maximum Gasteiger partial charge on any atom is 0.343 e. The highest BCUT2D eigenvalue weighted by Gasteiger charge is 2.16. The molecule has 1 atom stereocenters. The zero-order valence-electron chi connectivity index (χ0n) is 8.63. The Hall–Kier alpha value is -1.23. The lowest BCUT2D eigenvalue weighted by molar-refractivity contribution is -0.141. The molecule has 2 rings (SSSR count). The van der Waals surface area contributed by atoms with Crippen LogP contribution in [0.25, 0.3) is 10.8 Å². The highest BCUT2D eigenvalue weighted by molar-refractivity contribution is 8.00. The summed E-state index contributed by atoms with van der Waals surface area (Å²) < 4.78 is 0. The fourth-order valence-corrected chi connectivity index (χ4v) is 2.71. The fraction of sp³-hybridized carbons (Fsp3) is 0.0833. The molecule has 0 spiro atoms. The van der Waals surface area contributed by atoms with Crippen LogP contribution in [0.1, 0.15) is 0 Å². The van der Waals surface area contributed by atoms with E-state index in [0.29, 0.717) is 9.92 Å². The maximum atomic E-state index is 10.6. The van der Waals surface area contributed by atoms with E-state index in [9.17, 15) is 9.90 Å². The van der Waals surface area contributed by atoms with Gasteiger partial charge in [-0.25, -0.2) is 4.79 Å². The molecule has 0 aliphatic heterocycles. The normalized spacial score (nSPS) is 12.6. The first-order valence-corrected chi connectivity index (χ1v) is 6.10. The second-order valence-corrected chi connectivity index (χ2v) is 4.93. The molecule has 0 heterocycles. The molecular weight excluding hydrogens is 260 g/mol. The van der Waals surface area contributed by atoms with Gasteiger partial charge in [0.2, 0.25) is 5.44 Å². The Morgan fingerprint density at radius 1 is 1.24 bits per heavy atom. The molecule has 2 aromatic carbocycles. The molecule has 0 radical (unpaired) electrons. The van der Waals surface area contributed by atoms with Crippen molar-refractivity contribution in [1.29, 1.82) is 0 Å². The number of thioether (sulfide) groups is 1. The molecule has 0 aromatic heterocycles. The number of rotatable bonds is 3. The first kappa shape index (κ1) is 12.2. The smallest absolute Gasteiger partial charge is 0.343 e. The monoisotopic (exact) mass is 268 g/mol. The number of carbonyl (C=O) groups is 1. The predicted octanol–water partition coefficient (Wildman–Crippen LogP) is 2.99. The minimum Gasteiger partial charge on any atom is -0.479 e. The van der Waals surface area contributed by atoms with Gasteiger partial charge in [-0.15, -0.1) is 0 Å². The number of aliphatic hydroxyl groups excluding tert-OH is 1. The third-order valence-corrected chi connectivity index (χ3v) is 3.60. The van der Waals surface area contributed by atoms with Gasteiger partial charge in [-0.3, -0.25) is 0 Å². The standard InChI is InChI=1S/C12H9ClO3S/c13-8-5-1-3-7-4-2-6-9(10(7)8)17-12(16)11(14)15/h1-6,12,16H,(H,14,15). The largest absolute Gasteiger partial charge is 0.479 e. The Labute approximate surface area is 107 Å². The summed E-state index contributed by atoms with van der Waals surface area (Å²) in [6, 6.07) is 10.9. The van der Waals surface area contributed by atoms with Crippen molar-refractivity contribution in [1.82, 2.24) is 0 Å². The van der Waals surface area contributed by atoms with Crippen molar-refractivity contribution in [2.45, 2.75) is 10.3 Å². The molecule has 0 saturated carbocycles. The molecule has 3 nitrogen and oxygen atoms in total. The molecule has 2 aromatic rings. The molecule has 0 aliphatic carbocycles. The van der Waals surface area contributed by atoms with E-state index < -0.39 is 11.4 Å². The number of hydrogen-bond donors (Lipinski definition) is 2. The number of fused-ring (bicyclic) bond motifs is 1. The SMILES string of the molecule is O=C(O)C(O)Sc1cccc2cccc(Cl)c12. The van der Waals surface area contributed by atoms with Crippen LogP contribution in [0, 0.1) is 0 Å². The van der Waals surface area contributed by atoms with Crippen molar-refractivity contribution < 1.29 is 15.0 Å². The van der Waals surface area contributed by atoms with Gasteiger partial charge in [-0.05, 0) is 17.5 Å². The van der Waals surface area contributed by atoms with Gasteiger partial charge in [0.05, 0.1) is 0 Å². The average molecular weight is 269 g/mol. The van der Waals surface area contributed by atoms with Crippen LogP contribution in [0.5, 0.6) is 0 Å². The molecule has 2 N–H and O–H groups in total. The Bertz CT molecular complexity index is 565. The number of hydrogen-bond acceptors (Lipinski definition) is 3. The van der Waals surface area contributed by atoms with E-state index in [1.54, 1.807) is 18.2 Å². The zero-order valence-corrected chi connectivity index (χ0v) is 10.2. The molecular formula is C12H9ClO3S. The quantitative estimate of drug-likeness (QED) is 0.664. The van der Waals surface area contributed by atoms with Crippen LogP contribution >= 0.6 is 23.4 Å². The molecule has 1 unspecified atom stereocenters. The van der Waals surface area contributed by atoms with Crippen LogP contribution < -0.4 is 0 Å². The topological polar surface area (TPSA) is 57.5 Å². The Morgan fingerprint density at radius 3 is 2.53 bits per heavy atom. The minimum absolute atomic E-state index is 0.545. The summed E-state index contributed by atoms with van der Waals surface area (Å²) in [6.07, 6.45) is 0. The number of carboxylic acids is 1. The number of halogens is 1. The first-order valence-electron chi connectivity index (χ1n) is 4.84. The van der Waals surface area contributed by atoms with Gasteiger partial charge >= 0.3 is 5.97 Å². The molecule has 88 valence electrons. The average Bonchev–Trinajstić information content (AvgIpc) is 2.29. The van der Waals surface area contributed by atoms with Crippen LogP contribution in [-0.2, 0) is 4.79 Å². The van der Waals surface area contributed by atoms with Crippen LogP contribution in [0.2, 0.25) is 5.02 Å². The van der Waals surface area contributed by atoms with Gasteiger partial charge in [-0.1, -0.05) is 47.6 Å². The van der Waals surface area contributed by atoms with Crippen molar-refractivity contribution in [3.05, 3.63) is 41.4 Å². The summed E-state index contributed by atoms with van der Waals surface area (Å²) in [5.74, 6) is -1.26. The summed E-state index contributed by atoms with van der Waals surface area (Å²) in [5, 5.41) is 20.3. The number of aliphatic hydroxyl groups is 1. The summed E-state index contributed by atoms with van der Waals surface area (Å²) in [4.78, 5) is 11.3. The van der Waals surface area contributed by atoms with E-state index in [1.807, 2.05) is 18.2 Å². The molecule has 0 saturated heterocycles. The summed E-state index contributed by atoms with van der Waals surface area (Å²) in [5.41, 5.74) is -1.49. The Balaban J connectivity index is 2.50. The summed E-state index contributed by atoms with van der Waals surface area (Å²) in [6.45, 7) is 0. The highest BCUT2D eigenvalue weighted by Crippen LogP contribution is 2.34. The molecule has 0 amide bonds. The van der Waals surface area contributed by atoms with Gasteiger partial charge in [0.15, 0.2) is 0 Å². The lowest BCUT2D eigenvalue weighted by Gasteiger charge is -2.09. The zero-order chi connectivity index (χ0) is 12.4. The van der Waals surface area contributed by atoms with Gasteiger partial charge < -0.3 is 10.2 Å². The van der Waals surface area contributed by atoms with E-state index >= 15 is 0 Å². The molecule has 17 heavy (non-hydrogen) atoms. The second-order valence-electron chi connectivity index (χ2n) is 3.40. The number of carboxylic acid groups (broad SMARTS) is 1. The van der Waals surface area contributed by atoms with Crippen molar-refractivity contribution >= 4 is 40.1 Å². The van der Waals surface area contributed by atoms with Gasteiger partial charge in [0.1, 0.15) is 0 Å². The lowest BCUT2D eigenvalue weighted by atomic mass is 10.1. The van der Waals surface area contributed by atoms with Gasteiger partial charge in [-0.2, -0.15) is 0 Å². The third kappa shape index (κ3) is 2.54.